The lowest BCUT2D eigenvalue weighted by Gasteiger charge is -2.30. The number of nitrogens with one attached hydrogen (secondary N) is 1. The van der Waals surface area contributed by atoms with Crippen molar-refractivity contribution in [1.29, 1.82) is 0 Å². The summed E-state index contributed by atoms with van der Waals surface area (Å²) in [5.41, 5.74) is 12.3. The summed E-state index contributed by atoms with van der Waals surface area (Å²) in [4.78, 5) is 47.8. The molecular weight excluding hydrogens is 574 g/mol. The molecule has 1 aliphatic heterocycles. The van der Waals surface area contributed by atoms with E-state index in [0.29, 0.717) is 54.3 Å². The minimum atomic E-state index is -0.369. The van der Waals surface area contributed by atoms with Crippen LogP contribution in [0.25, 0.3) is 11.3 Å². The van der Waals surface area contributed by atoms with Gasteiger partial charge in [0.25, 0.3) is 17.4 Å². The lowest BCUT2D eigenvalue weighted by atomic mass is 9.99. The lowest BCUT2D eigenvalue weighted by Crippen LogP contribution is -2.40. The van der Waals surface area contributed by atoms with Crippen molar-refractivity contribution in [3.63, 3.8) is 0 Å². The van der Waals surface area contributed by atoms with Gasteiger partial charge in [0.1, 0.15) is 5.69 Å². The molecule has 0 radical (unpaired) electrons. The van der Waals surface area contributed by atoms with E-state index >= 15 is 0 Å². The summed E-state index contributed by atoms with van der Waals surface area (Å²) in [5.74, 6) is -0.269. The van der Waals surface area contributed by atoms with Crippen molar-refractivity contribution in [2.75, 3.05) is 24.1 Å². The zero-order valence-corrected chi connectivity index (χ0v) is 25.9. The first kappa shape index (κ1) is 29.8. The molecule has 2 amide bonds. The largest absolute Gasteiger partial charge is 0.398 e. The van der Waals surface area contributed by atoms with Crippen molar-refractivity contribution in [3.05, 3.63) is 96.7 Å². The predicted octanol–water partition coefficient (Wildman–Crippen LogP) is 4.72. The number of aromatic nitrogens is 2. The number of rotatable bonds is 6. The number of nitrogens with zero attached hydrogens (tertiary/aromatic N) is 3. The summed E-state index contributed by atoms with van der Waals surface area (Å²) in [6.07, 6.45) is 7.12. The number of benzene rings is 2. The highest BCUT2D eigenvalue weighted by atomic mass is 32.1. The minimum Gasteiger partial charge on any atom is -0.398 e. The van der Waals surface area contributed by atoms with Gasteiger partial charge >= 0.3 is 0 Å². The van der Waals surface area contributed by atoms with Gasteiger partial charge in [0, 0.05) is 54.6 Å². The van der Waals surface area contributed by atoms with E-state index in [-0.39, 0.29) is 29.9 Å². The van der Waals surface area contributed by atoms with Crippen LogP contribution in [-0.4, -0.2) is 50.6 Å². The van der Waals surface area contributed by atoms with Crippen molar-refractivity contribution < 1.29 is 14.7 Å². The molecule has 9 nitrogen and oxygen atoms in total. The van der Waals surface area contributed by atoms with Gasteiger partial charge in [-0.3, -0.25) is 14.4 Å². The first-order valence-electron chi connectivity index (χ1n) is 15.1. The van der Waals surface area contributed by atoms with Crippen LogP contribution in [0.1, 0.15) is 73.0 Å². The van der Waals surface area contributed by atoms with E-state index < -0.39 is 0 Å². The molecule has 4 aromatic rings. The van der Waals surface area contributed by atoms with Crippen molar-refractivity contribution in [2.45, 2.75) is 58.0 Å². The fraction of sp³-hybridized carbons (Fsp3) is 0.353. The minimum absolute atomic E-state index is 0.115. The molecule has 3 heterocycles. The third-order valence-electron chi connectivity index (χ3n) is 8.69. The molecule has 44 heavy (non-hydrogen) atoms. The number of amides is 2. The number of fused-ring (bicyclic) bond motifs is 1. The topological polar surface area (TPSA) is 131 Å². The van der Waals surface area contributed by atoms with Crippen molar-refractivity contribution in [2.24, 2.45) is 7.05 Å². The van der Waals surface area contributed by atoms with Gasteiger partial charge in [0.05, 0.1) is 22.2 Å². The second-order valence-electron chi connectivity index (χ2n) is 11.8. The number of aliphatic hydroxyl groups excluding tert-OH is 1. The number of nitrogens with two attached hydrogens (primary N) is 1. The molecule has 4 N–H and O–H groups in total. The van der Waals surface area contributed by atoms with E-state index in [2.05, 4.69) is 5.32 Å². The highest BCUT2D eigenvalue weighted by Gasteiger charge is 2.24. The van der Waals surface area contributed by atoms with Gasteiger partial charge in [-0.1, -0.05) is 18.2 Å². The fourth-order valence-corrected chi connectivity index (χ4v) is 7.25. The highest BCUT2D eigenvalue weighted by molar-refractivity contribution is 7.14. The number of anilines is 2. The molecule has 10 heteroatoms. The Balaban J connectivity index is 1.23. The Bertz CT molecular complexity index is 1780. The fourth-order valence-electron chi connectivity index (χ4n) is 6.10. The zero-order valence-electron chi connectivity index (χ0n) is 25.1. The maximum absolute atomic E-state index is 13.2. The van der Waals surface area contributed by atoms with Crippen LogP contribution in [0.3, 0.4) is 0 Å². The molecule has 0 spiro atoms. The Morgan fingerprint density at radius 3 is 2.64 bits per heavy atom. The molecule has 228 valence electrons. The second-order valence-corrected chi connectivity index (χ2v) is 12.9. The van der Waals surface area contributed by atoms with E-state index in [1.165, 1.54) is 27.8 Å². The van der Waals surface area contributed by atoms with E-state index in [0.717, 1.165) is 34.4 Å². The summed E-state index contributed by atoms with van der Waals surface area (Å²) in [5, 5.41) is 12.9. The average Bonchev–Trinajstić information content (AvgIpc) is 3.45. The van der Waals surface area contributed by atoms with E-state index in [1.807, 2.05) is 31.2 Å². The number of aryl methyl sites for hydroxylation is 3. The number of thiophene rings is 1. The van der Waals surface area contributed by atoms with Gasteiger partial charge in [0.2, 0.25) is 0 Å². The third kappa shape index (κ3) is 6.05. The molecule has 2 aliphatic rings. The maximum atomic E-state index is 13.2. The summed E-state index contributed by atoms with van der Waals surface area (Å²) in [6, 6.07) is 13.0. The number of likely N-dealkylation sites (tertiary alicyclic amines) is 1. The number of hydrogen-bond donors (Lipinski definition) is 3. The number of carbonyl (C=O) groups excluding carboxylic acids is 2. The predicted molar refractivity (Wildman–Crippen MR) is 173 cm³/mol. The van der Waals surface area contributed by atoms with Crippen LogP contribution >= 0.6 is 11.3 Å². The molecule has 2 aromatic heterocycles. The number of piperidine rings is 1. The SMILES string of the molecule is Cc1c(NC(=O)c2cc3c(s2)CCCC3)cccc1-c1cn(C)c(=O)c(Cc2ccc(C(=O)N3CCC(O)CC3)c(N)c2)n1. The number of hydrogen-bond acceptors (Lipinski definition) is 7. The Morgan fingerprint density at radius 1 is 1.11 bits per heavy atom. The lowest BCUT2D eigenvalue weighted by molar-refractivity contribution is 0.0547. The number of nitrogen functional groups attached to an aromatic ring is 1. The Labute approximate surface area is 260 Å². The van der Waals surface area contributed by atoms with Crippen LogP contribution in [0.4, 0.5) is 11.4 Å². The van der Waals surface area contributed by atoms with Gasteiger partial charge in [-0.2, -0.15) is 0 Å². The molecular formula is C34H37N5O4S. The number of carbonyl (C=O) groups is 2. The Morgan fingerprint density at radius 2 is 1.89 bits per heavy atom. The van der Waals surface area contributed by atoms with Gasteiger partial charge in [-0.15, -0.1) is 11.3 Å². The molecule has 0 saturated carbocycles. The molecule has 0 atom stereocenters. The normalized spacial score (nSPS) is 15.2. The average molecular weight is 612 g/mol. The van der Waals surface area contributed by atoms with Crippen LogP contribution in [-0.2, 0) is 26.3 Å². The van der Waals surface area contributed by atoms with Crippen molar-refractivity contribution in [3.8, 4) is 11.3 Å². The molecule has 0 bridgehead atoms. The van der Waals surface area contributed by atoms with Gasteiger partial charge < -0.3 is 25.6 Å². The van der Waals surface area contributed by atoms with Gasteiger partial charge in [-0.25, -0.2) is 4.98 Å². The molecule has 0 unspecified atom stereocenters. The van der Waals surface area contributed by atoms with Gasteiger partial charge in [0.15, 0.2) is 0 Å². The first-order chi connectivity index (χ1) is 21.2. The summed E-state index contributed by atoms with van der Waals surface area (Å²) in [6.45, 7) is 2.93. The molecule has 2 aromatic carbocycles. The zero-order chi connectivity index (χ0) is 31.0. The smallest absolute Gasteiger partial charge is 0.272 e. The first-order valence-corrected chi connectivity index (χ1v) is 15.9. The van der Waals surface area contributed by atoms with Crippen LogP contribution in [0.5, 0.6) is 0 Å². The quantitative estimate of drug-likeness (QED) is 0.271. The summed E-state index contributed by atoms with van der Waals surface area (Å²) < 4.78 is 1.52. The van der Waals surface area contributed by atoms with E-state index in [4.69, 9.17) is 10.7 Å². The van der Waals surface area contributed by atoms with Crippen molar-refractivity contribution in [1.82, 2.24) is 14.5 Å². The molecule has 1 aliphatic carbocycles. The monoisotopic (exact) mass is 611 g/mol. The van der Waals surface area contributed by atoms with Crippen LogP contribution in [0.2, 0.25) is 0 Å². The standard InChI is InChI=1S/C34H37N5O4S/c1-20-24(7-5-8-27(20)37-32(41)31-18-22-6-3-4-9-30(22)44-31)29-19-38(2)34(43)28(36-29)17-21-10-11-25(26(35)16-21)33(42)39-14-12-23(40)13-15-39/h5,7-8,10-11,16,18-19,23,40H,3-4,6,9,12-15,17,35H2,1-2H3,(H,37,41). The molecule has 6 rings (SSSR count). The van der Waals surface area contributed by atoms with Crippen LogP contribution in [0, 0.1) is 6.92 Å². The second kappa shape index (κ2) is 12.4. The van der Waals surface area contributed by atoms with Crippen LogP contribution < -0.4 is 16.6 Å². The molecule has 1 saturated heterocycles. The molecule has 1 fully saturated rings. The highest BCUT2D eigenvalue weighted by Crippen LogP contribution is 2.32. The summed E-state index contributed by atoms with van der Waals surface area (Å²) in [7, 11) is 1.70. The summed E-state index contributed by atoms with van der Waals surface area (Å²) >= 11 is 1.58. The maximum Gasteiger partial charge on any atom is 0.272 e. The van der Waals surface area contributed by atoms with Gasteiger partial charge in [-0.05, 0) is 86.4 Å². The Hall–Kier alpha value is -4.28. The van der Waals surface area contributed by atoms with Crippen LogP contribution in [0.15, 0.2) is 53.5 Å². The van der Waals surface area contributed by atoms with E-state index in [9.17, 15) is 19.5 Å². The van der Waals surface area contributed by atoms with Crippen molar-refractivity contribution >= 4 is 34.5 Å². The Kier molecular flexibility index (Phi) is 8.38. The third-order valence-corrected chi connectivity index (χ3v) is 9.92. The number of aliphatic hydroxyl groups is 1. The van der Waals surface area contributed by atoms with E-state index in [1.54, 1.807) is 47.7 Å².